The molecule has 0 saturated heterocycles. The number of rotatable bonds is 2. The highest BCUT2D eigenvalue weighted by Gasteiger charge is 2.22. The van der Waals surface area contributed by atoms with Crippen molar-refractivity contribution in [2.75, 3.05) is 11.9 Å². The third kappa shape index (κ3) is 2.50. The molecule has 0 aliphatic heterocycles. The van der Waals surface area contributed by atoms with Crippen LogP contribution in [0.4, 0.5) is 5.69 Å². The van der Waals surface area contributed by atoms with Crippen LogP contribution in [0.3, 0.4) is 0 Å². The first-order valence-electron chi connectivity index (χ1n) is 7.10. The van der Waals surface area contributed by atoms with E-state index in [1.807, 2.05) is 37.4 Å². The molecular weight excluding hydrogens is 266 g/mol. The molecule has 20 heavy (non-hydrogen) atoms. The van der Waals surface area contributed by atoms with Gasteiger partial charge >= 0.3 is 0 Å². The maximum atomic E-state index is 12.6. The second-order valence-electron chi connectivity index (χ2n) is 5.61. The summed E-state index contributed by atoms with van der Waals surface area (Å²) >= 11 is 1.68. The number of nitrogens with zero attached hydrogens (tertiary/aromatic N) is 1. The monoisotopic (exact) mass is 285 g/mol. The highest BCUT2D eigenvalue weighted by atomic mass is 32.1. The van der Waals surface area contributed by atoms with E-state index in [1.54, 1.807) is 16.2 Å². The van der Waals surface area contributed by atoms with Crippen molar-refractivity contribution in [1.29, 1.82) is 0 Å². The zero-order chi connectivity index (χ0) is 14.1. The first-order chi connectivity index (χ1) is 9.65. The molecule has 1 aliphatic rings. The van der Waals surface area contributed by atoms with Crippen LogP contribution in [0.5, 0.6) is 0 Å². The van der Waals surface area contributed by atoms with Gasteiger partial charge in [-0.15, -0.1) is 11.3 Å². The molecule has 0 spiro atoms. The number of hydrogen-bond acceptors (Lipinski definition) is 2. The van der Waals surface area contributed by atoms with Gasteiger partial charge in [-0.1, -0.05) is 25.1 Å². The Morgan fingerprint density at radius 2 is 2.05 bits per heavy atom. The van der Waals surface area contributed by atoms with Gasteiger partial charge in [-0.25, -0.2) is 0 Å². The maximum absolute atomic E-state index is 12.6. The summed E-state index contributed by atoms with van der Waals surface area (Å²) in [5.74, 6) is 0.843. The SMILES string of the molecule is CC1CCc2sc(C(=O)N(C)c3ccccc3)cc2C1. The van der Waals surface area contributed by atoms with Gasteiger partial charge in [-0.2, -0.15) is 0 Å². The highest BCUT2D eigenvalue weighted by Crippen LogP contribution is 2.33. The van der Waals surface area contributed by atoms with Crippen molar-refractivity contribution < 1.29 is 4.79 Å². The van der Waals surface area contributed by atoms with Crippen molar-refractivity contribution in [3.05, 3.63) is 51.7 Å². The van der Waals surface area contributed by atoms with Gasteiger partial charge in [-0.05, 0) is 48.9 Å². The van der Waals surface area contributed by atoms with Gasteiger partial charge in [0.05, 0.1) is 4.88 Å². The average molecular weight is 285 g/mol. The number of aryl methyl sites for hydroxylation is 1. The van der Waals surface area contributed by atoms with E-state index in [2.05, 4.69) is 13.0 Å². The minimum Gasteiger partial charge on any atom is -0.311 e. The molecule has 1 amide bonds. The Morgan fingerprint density at radius 1 is 1.30 bits per heavy atom. The second-order valence-corrected chi connectivity index (χ2v) is 6.74. The van der Waals surface area contributed by atoms with Crippen LogP contribution in [-0.2, 0) is 12.8 Å². The Balaban J connectivity index is 1.84. The molecule has 1 aromatic carbocycles. The van der Waals surface area contributed by atoms with E-state index in [4.69, 9.17) is 0 Å². The lowest BCUT2D eigenvalue weighted by Crippen LogP contribution is -2.25. The summed E-state index contributed by atoms with van der Waals surface area (Å²) in [4.78, 5) is 16.6. The van der Waals surface area contributed by atoms with Crippen LogP contribution in [0.15, 0.2) is 36.4 Å². The summed E-state index contributed by atoms with van der Waals surface area (Å²) in [7, 11) is 1.85. The van der Waals surface area contributed by atoms with E-state index >= 15 is 0 Å². The number of amides is 1. The molecule has 1 aromatic heterocycles. The molecule has 2 nitrogen and oxygen atoms in total. The molecule has 0 fully saturated rings. The van der Waals surface area contributed by atoms with Crippen molar-refractivity contribution in [1.82, 2.24) is 0 Å². The summed E-state index contributed by atoms with van der Waals surface area (Å²) in [6.07, 6.45) is 3.49. The Kier molecular flexibility index (Phi) is 3.62. The Labute approximate surface area is 124 Å². The fourth-order valence-corrected chi connectivity index (χ4v) is 3.93. The lowest BCUT2D eigenvalue weighted by atomic mass is 9.90. The zero-order valence-electron chi connectivity index (χ0n) is 11.9. The molecule has 1 atom stereocenters. The second kappa shape index (κ2) is 5.41. The lowest BCUT2D eigenvalue weighted by Gasteiger charge is -2.16. The molecule has 3 heteroatoms. The predicted octanol–water partition coefficient (Wildman–Crippen LogP) is 4.15. The predicted molar refractivity (Wildman–Crippen MR) is 84.7 cm³/mol. The average Bonchev–Trinajstić information content (AvgIpc) is 2.89. The molecule has 1 unspecified atom stereocenters. The summed E-state index contributed by atoms with van der Waals surface area (Å²) in [5, 5.41) is 0. The molecule has 3 rings (SSSR count). The van der Waals surface area contributed by atoms with Crippen LogP contribution in [0.2, 0.25) is 0 Å². The topological polar surface area (TPSA) is 20.3 Å². The minimum absolute atomic E-state index is 0.100. The highest BCUT2D eigenvalue weighted by molar-refractivity contribution is 7.14. The van der Waals surface area contributed by atoms with E-state index < -0.39 is 0 Å². The van der Waals surface area contributed by atoms with Gasteiger partial charge in [0.1, 0.15) is 0 Å². The number of thiophene rings is 1. The normalized spacial score (nSPS) is 17.6. The quantitative estimate of drug-likeness (QED) is 0.811. The third-order valence-electron chi connectivity index (χ3n) is 3.99. The number of anilines is 1. The van der Waals surface area contributed by atoms with E-state index in [0.717, 1.165) is 29.3 Å². The summed E-state index contributed by atoms with van der Waals surface area (Å²) in [5.41, 5.74) is 2.33. The number of para-hydroxylation sites is 1. The van der Waals surface area contributed by atoms with Gasteiger partial charge in [0.25, 0.3) is 5.91 Å². The van der Waals surface area contributed by atoms with Gasteiger partial charge in [0.15, 0.2) is 0 Å². The third-order valence-corrected chi connectivity index (χ3v) is 5.21. The first kappa shape index (κ1) is 13.4. The van der Waals surface area contributed by atoms with Crippen LogP contribution >= 0.6 is 11.3 Å². The van der Waals surface area contributed by atoms with E-state index in [-0.39, 0.29) is 5.91 Å². The maximum Gasteiger partial charge on any atom is 0.268 e. The van der Waals surface area contributed by atoms with Crippen LogP contribution in [0, 0.1) is 5.92 Å². The molecule has 1 heterocycles. The largest absolute Gasteiger partial charge is 0.311 e. The number of carbonyl (C=O) groups excluding carboxylic acids is 1. The van der Waals surface area contributed by atoms with Crippen molar-refractivity contribution in [2.24, 2.45) is 5.92 Å². The van der Waals surface area contributed by atoms with Crippen LogP contribution in [0.1, 0.15) is 33.5 Å². The molecule has 0 N–H and O–H groups in total. The van der Waals surface area contributed by atoms with E-state index in [0.29, 0.717) is 0 Å². The number of carbonyl (C=O) groups is 1. The summed E-state index contributed by atoms with van der Waals surface area (Å²) in [6, 6.07) is 11.9. The summed E-state index contributed by atoms with van der Waals surface area (Å²) < 4.78 is 0. The van der Waals surface area contributed by atoms with E-state index in [1.165, 1.54) is 16.9 Å². The summed E-state index contributed by atoms with van der Waals surface area (Å²) in [6.45, 7) is 2.29. The minimum atomic E-state index is 0.100. The molecule has 0 saturated carbocycles. The van der Waals surface area contributed by atoms with Crippen molar-refractivity contribution in [3.8, 4) is 0 Å². The zero-order valence-corrected chi connectivity index (χ0v) is 12.7. The fourth-order valence-electron chi connectivity index (χ4n) is 2.75. The van der Waals surface area contributed by atoms with Gasteiger partial charge in [0, 0.05) is 17.6 Å². The standard InChI is InChI=1S/C17H19NOS/c1-12-8-9-15-13(10-12)11-16(20-15)17(19)18(2)14-6-4-3-5-7-14/h3-7,11-12H,8-10H2,1-2H3. The molecule has 2 aromatic rings. The fraction of sp³-hybridized carbons (Fsp3) is 0.353. The molecule has 1 aliphatic carbocycles. The Hall–Kier alpha value is -1.61. The lowest BCUT2D eigenvalue weighted by molar-refractivity contribution is 0.0997. The van der Waals surface area contributed by atoms with Crippen LogP contribution in [0.25, 0.3) is 0 Å². The molecular formula is C17H19NOS. The molecule has 0 radical (unpaired) electrons. The number of fused-ring (bicyclic) bond motifs is 1. The molecule has 104 valence electrons. The Bertz CT molecular complexity index is 617. The van der Waals surface area contributed by atoms with Crippen LogP contribution in [-0.4, -0.2) is 13.0 Å². The number of hydrogen-bond donors (Lipinski definition) is 0. The van der Waals surface area contributed by atoms with Gasteiger partial charge < -0.3 is 4.90 Å². The van der Waals surface area contributed by atoms with E-state index in [9.17, 15) is 4.79 Å². The molecule has 0 bridgehead atoms. The Morgan fingerprint density at radius 3 is 2.80 bits per heavy atom. The van der Waals surface area contributed by atoms with Gasteiger partial charge in [-0.3, -0.25) is 4.79 Å². The smallest absolute Gasteiger partial charge is 0.268 e. The number of benzene rings is 1. The van der Waals surface area contributed by atoms with Gasteiger partial charge in [0.2, 0.25) is 0 Å². The van der Waals surface area contributed by atoms with Crippen molar-refractivity contribution >= 4 is 22.9 Å². The first-order valence-corrected chi connectivity index (χ1v) is 7.91. The van der Waals surface area contributed by atoms with Crippen molar-refractivity contribution in [3.63, 3.8) is 0 Å². The van der Waals surface area contributed by atoms with Crippen molar-refractivity contribution in [2.45, 2.75) is 26.2 Å². The van der Waals surface area contributed by atoms with Crippen LogP contribution < -0.4 is 4.90 Å².